The highest BCUT2D eigenvalue weighted by Gasteiger charge is 2.41. The normalized spacial score (nSPS) is 17.9. The molecule has 0 atom stereocenters. The van der Waals surface area contributed by atoms with Gasteiger partial charge in [0.2, 0.25) is 0 Å². The number of hydrogen-bond acceptors (Lipinski definition) is 4. The van der Waals surface area contributed by atoms with Crippen molar-refractivity contribution in [3.8, 4) is 0 Å². The van der Waals surface area contributed by atoms with E-state index in [-0.39, 0.29) is 16.2 Å². The average Bonchev–Trinajstić information content (AvgIpc) is 2.72. The van der Waals surface area contributed by atoms with Crippen molar-refractivity contribution in [3.63, 3.8) is 0 Å². The third-order valence-corrected chi connectivity index (χ3v) is 5.82. The Hall–Kier alpha value is -0.920. The van der Waals surface area contributed by atoms with Gasteiger partial charge in [-0.25, -0.2) is 13.1 Å². The Morgan fingerprint density at radius 2 is 2.18 bits per heavy atom. The van der Waals surface area contributed by atoms with Gasteiger partial charge >= 0.3 is 5.97 Å². The van der Waals surface area contributed by atoms with Gasteiger partial charge in [-0.2, -0.15) is 0 Å². The quantitative estimate of drug-likeness (QED) is 0.846. The summed E-state index contributed by atoms with van der Waals surface area (Å²) in [6.45, 7) is 1.86. The molecule has 5 nitrogen and oxygen atoms in total. The second-order valence-electron chi connectivity index (χ2n) is 4.46. The summed E-state index contributed by atoms with van der Waals surface area (Å²) in [5, 5.41) is 8.62. The van der Waals surface area contributed by atoms with Gasteiger partial charge in [0.1, 0.15) is 4.21 Å². The van der Waals surface area contributed by atoms with Crippen LogP contribution < -0.4 is 4.72 Å². The van der Waals surface area contributed by atoms with Crippen molar-refractivity contribution in [2.45, 2.75) is 35.9 Å². The van der Waals surface area contributed by atoms with E-state index < -0.39 is 16.0 Å². The minimum absolute atomic E-state index is 0.141. The average molecular weight is 275 g/mol. The first kappa shape index (κ1) is 12.5. The molecule has 1 aromatic rings. The number of nitrogens with one attached hydrogen (secondary N) is 1. The summed E-state index contributed by atoms with van der Waals surface area (Å²) >= 11 is 1.01. The SMILES string of the molecule is CC1(NS(=O)(=O)c2ccc(CC(=O)O)s2)CC1. The molecule has 1 aliphatic carbocycles. The molecule has 0 radical (unpaired) electrons. The molecule has 2 N–H and O–H groups in total. The van der Waals surface area contributed by atoms with E-state index in [1.165, 1.54) is 6.07 Å². The van der Waals surface area contributed by atoms with Gasteiger partial charge in [-0.1, -0.05) is 0 Å². The second-order valence-corrected chi connectivity index (χ2v) is 7.53. The molecule has 0 spiro atoms. The van der Waals surface area contributed by atoms with Crippen LogP contribution in [0.15, 0.2) is 16.3 Å². The fourth-order valence-corrected chi connectivity index (χ4v) is 4.22. The van der Waals surface area contributed by atoms with E-state index in [0.717, 1.165) is 24.2 Å². The lowest BCUT2D eigenvalue weighted by Crippen LogP contribution is -2.33. The lowest BCUT2D eigenvalue weighted by atomic mass is 10.3. The maximum atomic E-state index is 11.9. The van der Waals surface area contributed by atoms with Gasteiger partial charge in [-0.3, -0.25) is 4.79 Å². The number of carboxylic acid groups (broad SMARTS) is 1. The number of aliphatic carboxylic acids is 1. The van der Waals surface area contributed by atoms with E-state index in [1.807, 2.05) is 6.92 Å². The Bertz CT molecular complexity index is 542. The number of hydrogen-bond donors (Lipinski definition) is 2. The van der Waals surface area contributed by atoms with Gasteiger partial charge in [-0.05, 0) is 31.9 Å². The number of thiophene rings is 1. The summed E-state index contributed by atoms with van der Waals surface area (Å²) in [5.74, 6) is -0.960. The highest BCUT2D eigenvalue weighted by molar-refractivity contribution is 7.91. The third-order valence-electron chi connectivity index (χ3n) is 2.61. The van der Waals surface area contributed by atoms with Crippen LogP contribution in [0.25, 0.3) is 0 Å². The van der Waals surface area contributed by atoms with Crippen LogP contribution in [0.5, 0.6) is 0 Å². The van der Waals surface area contributed by atoms with E-state index in [4.69, 9.17) is 5.11 Å². The molecule has 0 saturated heterocycles. The Balaban J connectivity index is 2.16. The summed E-state index contributed by atoms with van der Waals surface area (Å²) < 4.78 is 26.7. The van der Waals surface area contributed by atoms with E-state index in [1.54, 1.807) is 6.07 Å². The van der Waals surface area contributed by atoms with Crippen molar-refractivity contribution in [2.75, 3.05) is 0 Å². The van der Waals surface area contributed by atoms with Gasteiger partial charge in [0, 0.05) is 10.4 Å². The van der Waals surface area contributed by atoms with Crippen molar-refractivity contribution in [3.05, 3.63) is 17.0 Å². The maximum Gasteiger partial charge on any atom is 0.308 e. The molecule has 94 valence electrons. The minimum atomic E-state index is -3.49. The molecule has 17 heavy (non-hydrogen) atoms. The highest BCUT2D eigenvalue weighted by atomic mass is 32.2. The molecule has 1 saturated carbocycles. The van der Waals surface area contributed by atoms with Crippen molar-refractivity contribution in [1.29, 1.82) is 0 Å². The number of sulfonamides is 1. The summed E-state index contributed by atoms with van der Waals surface area (Å²) in [6.07, 6.45) is 1.55. The van der Waals surface area contributed by atoms with E-state index >= 15 is 0 Å². The Morgan fingerprint density at radius 3 is 2.71 bits per heavy atom. The number of carboxylic acids is 1. The van der Waals surface area contributed by atoms with Gasteiger partial charge in [-0.15, -0.1) is 11.3 Å². The molecular formula is C10H13NO4S2. The topological polar surface area (TPSA) is 83.5 Å². The highest BCUT2D eigenvalue weighted by Crippen LogP contribution is 2.36. The Labute approximate surface area is 104 Å². The molecule has 0 aliphatic heterocycles. The van der Waals surface area contributed by atoms with Crippen LogP contribution in [-0.2, 0) is 21.2 Å². The van der Waals surface area contributed by atoms with Gasteiger partial charge in [0.15, 0.2) is 0 Å². The first-order valence-corrected chi connectivity index (χ1v) is 7.45. The summed E-state index contributed by atoms with van der Waals surface area (Å²) in [5.41, 5.74) is -0.310. The fraction of sp³-hybridized carbons (Fsp3) is 0.500. The van der Waals surface area contributed by atoms with Crippen molar-refractivity contribution in [2.24, 2.45) is 0 Å². The largest absolute Gasteiger partial charge is 0.481 e. The zero-order chi connectivity index (χ0) is 12.7. The van der Waals surface area contributed by atoms with Crippen LogP contribution in [0.3, 0.4) is 0 Å². The van der Waals surface area contributed by atoms with Crippen molar-refractivity contribution in [1.82, 2.24) is 4.72 Å². The van der Waals surface area contributed by atoms with Gasteiger partial charge in [0.25, 0.3) is 10.0 Å². The first-order chi connectivity index (χ1) is 7.81. The Kier molecular flexibility index (Phi) is 3.01. The number of rotatable bonds is 5. The van der Waals surface area contributed by atoms with Crippen LogP contribution in [0.1, 0.15) is 24.6 Å². The van der Waals surface area contributed by atoms with E-state index in [9.17, 15) is 13.2 Å². The monoisotopic (exact) mass is 275 g/mol. The lowest BCUT2D eigenvalue weighted by molar-refractivity contribution is -0.136. The van der Waals surface area contributed by atoms with Crippen LogP contribution in [0, 0.1) is 0 Å². The predicted molar refractivity (Wildman–Crippen MR) is 63.6 cm³/mol. The summed E-state index contributed by atoms with van der Waals surface area (Å²) in [4.78, 5) is 11.0. The van der Waals surface area contributed by atoms with Crippen molar-refractivity contribution < 1.29 is 18.3 Å². The van der Waals surface area contributed by atoms with Crippen LogP contribution in [0.4, 0.5) is 0 Å². The number of carbonyl (C=O) groups is 1. The fourth-order valence-electron chi connectivity index (χ4n) is 1.41. The molecule has 0 amide bonds. The molecule has 1 aromatic heterocycles. The zero-order valence-corrected chi connectivity index (χ0v) is 10.9. The Morgan fingerprint density at radius 1 is 1.53 bits per heavy atom. The van der Waals surface area contributed by atoms with E-state index in [2.05, 4.69) is 4.72 Å². The molecule has 2 rings (SSSR count). The predicted octanol–water partition coefficient (Wildman–Crippen LogP) is 1.21. The van der Waals surface area contributed by atoms with Crippen LogP contribution >= 0.6 is 11.3 Å². The molecule has 0 bridgehead atoms. The summed E-state index contributed by atoms with van der Waals surface area (Å²) in [6, 6.07) is 3.00. The molecule has 1 aliphatic rings. The molecule has 0 unspecified atom stereocenters. The molecule has 7 heteroatoms. The van der Waals surface area contributed by atoms with Crippen LogP contribution in [-0.4, -0.2) is 25.0 Å². The lowest BCUT2D eigenvalue weighted by Gasteiger charge is -2.10. The smallest absolute Gasteiger partial charge is 0.308 e. The zero-order valence-electron chi connectivity index (χ0n) is 9.26. The van der Waals surface area contributed by atoms with Gasteiger partial charge in [0.05, 0.1) is 6.42 Å². The van der Waals surface area contributed by atoms with Crippen molar-refractivity contribution >= 4 is 27.3 Å². The standard InChI is InChI=1S/C10H13NO4S2/c1-10(4-5-10)11-17(14,15)9-3-2-7(16-9)6-8(12)13/h2-3,11H,4-6H2,1H3,(H,12,13). The maximum absolute atomic E-state index is 11.9. The first-order valence-electron chi connectivity index (χ1n) is 5.15. The van der Waals surface area contributed by atoms with Gasteiger partial charge < -0.3 is 5.11 Å². The summed E-state index contributed by atoms with van der Waals surface area (Å²) in [7, 11) is -3.49. The van der Waals surface area contributed by atoms with Crippen LogP contribution in [0.2, 0.25) is 0 Å². The van der Waals surface area contributed by atoms with E-state index in [0.29, 0.717) is 4.88 Å². The third kappa shape index (κ3) is 3.05. The molecule has 0 aromatic carbocycles. The molecule has 1 heterocycles. The minimum Gasteiger partial charge on any atom is -0.481 e. The molecular weight excluding hydrogens is 262 g/mol. The molecule has 1 fully saturated rings. The second kappa shape index (κ2) is 4.08.